The Morgan fingerprint density at radius 2 is 2.04 bits per heavy atom. The van der Waals surface area contributed by atoms with E-state index in [9.17, 15) is 9.59 Å². The summed E-state index contributed by atoms with van der Waals surface area (Å²) < 4.78 is 4.84. The zero-order valence-electron chi connectivity index (χ0n) is 16.2. The van der Waals surface area contributed by atoms with Crippen LogP contribution in [0, 0.1) is 5.92 Å². The molecular weight excluding hydrogens is 344 g/mol. The van der Waals surface area contributed by atoms with Crippen molar-refractivity contribution in [3.63, 3.8) is 0 Å². The normalized spacial score (nSPS) is 17.5. The van der Waals surface area contributed by atoms with E-state index in [0.717, 1.165) is 36.1 Å². The van der Waals surface area contributed by atoms with Crippen molar-refractivity contribution >= 4 is 23.0 Å². The molecule has 7 nitrogen and oxygen atoms in total. The van der Waals surface area contributed by atoms with Crippen LogP contribution in [0.25, 0.3) is 11.0 Å². The van der Waals surface area contributed by atoms with Crippen LogP contribution in [0.3, 0.4) is 0 Å². The second-order valence-electron chi connectivity index (χ2n) is 7.24. The first-order chi connectivity index (χ1) is 13.0. The number of carbonyl (C=O) groups is 2. The lowest BCUT2D eigenvalue weighted by molar-refractivity contribution is -0.144. The molecule has 1 aliphatic rings. The van der Waals surface area contributed by atoms with Crippen LogP contribution in [0.5, 0.6) is 0 Å². The Hall–Kier alpha value is -2.57. The largest absolute Gasteiger partial charge is 0.467 e. The van der Waals surface area contributed by atoms with E-state index in [1.807, 2.05) is 38.1 Å². The number of ether oxygens (including phenoxy) is 1. The average Bonchev–Trinajstić information content (AvgIpc) is 3.15. The fraction of sp³-hybridized carbons (Fsp3) is 0.550. The van der Waals surface area contributed by atoms with E-state index < -0.39 is 12.0 Å². The van der Waals surface area contributed by atoms with Crippen LogP contribution in [-0.2, 0) is 9.53 Å². The molecular formula is C20H28N4O3. The van der Waals surface area contributed by atoms with Gasteiger partial charge in [0.1, 0.15) is 11.9 Å². The van der Waals surface area contributed by atoms with Gasteiger partial charge in [-0.05, 0) is 30.9 Å². The van der Waals surface area contributed by atoms with Crippen LogP contribution in [0.2, 0.25) is 0 Å². The van der Waals surface area contributed by atoms with Crippen molar-refractivity contribution in [3.8, 4) is 0 Å². The number of aromatic nitrogens is 2. The SMILES string of the molecule is CCC(C)[C@H](NC(=O)N1CCC(c2nc3ccccc3[nH]2)CC1)C(=O)OC. The summed E-state index contributed by atoms with van der Waals surface area (Å²) in [7, 11) is 1.35. The summed E-state index contributed by atoms with van der Waals surface area (Å²) in [5.74, 6) is 0.931. The summed E-state index contributed by atoms with van der Waals surface area (Å²) in [4.78, 5) is 34.5. The quantitative estimate of drug-likeness (QED) is 0.790. The minimum Gasteiger partial charge on any atom is -0.467 e. The molecule has 1 fully saturated rings. The maximum absolute atomic E-state index is 12.6. The zero-order valence-corrected chi connectivity index (χ0v) is 16.2. The fourth-order valence-corrected chi connectivity index (χ4v) is 3.54. The smallest absolute Gasteiger partial charge is 0.328 e. The number of hydrogen-bond donors (Lipinski definition) is 2. The van der Waals surface area contributed by atoms with E-state index in [1.54, 1.807) is 4.90 Å². The number of imidazole rings is 1. The summed E-state index contributed by atoms with van der Waals surface area (Å²) >= 11 is 0. The molecule has 146 valence electrons. The first-order valence-corrected chi connectivity index (χ1v) is 9.61. The Bertz CT molecular complexity index is 762. The van der Waals surface area contributed by atoms with Gasteiger partial charge in [0.2, 0.25) is 0 Å². The summed E-state index contributed by atoms with van der Waals surface area (Å²) in [6.45, 7) is 5.21. The molecule has 0 aliphatic carbocycles. The number of esters is 1. The number of carbonyl (C=O) groups excluding carboxylic acids is 2. The van der Waals surface area contributed by atoms with Crippen LogP contribution < -0.4 is 5.32 Å². The minimum absolute atomic E-state index is 0.0227. The van der Waals surface area contributed by atoms with Gasteiger partial charge in [-0.1, -0.05) is 32.4 Å². The summed E-state index contributed by atoms with van der Waals surface area (Å²) in [5.41, 5.74) is 2.02. The van der Waals surface area contributed by atoms with Crippen molar-refractivity contribution in [2.75, 3.05) is 20.2 Å². The van der Waals surface area contributed by atoms with E-state index in [2.05, 4.69) is 15.3 Å². The highest BCUT2D eigenvalue weighted by atomic mass is 16.5. The van der Waals surface area contributed by atoms with Crippen LogP contribution >= 0.6 is 0 Å². The molecule has 1 aromatic carbocycles. The number of H-pyrrole nitrogens is 1. The number of amides is 2. The Balaban J connectivity index is 1.59. The average molecular weight is 372 g/mol. The third-order valence-corrected chi connectivity index (χ3v) is 5.52. The van der Waals surface area contributed by atoms with Gasteiger partial charge in [0.25, 0.3) is 0 Å². The highest BCUT2D eigenvalue weighted by Crippen LogP contribution is 2.27. The molecule has 0 radical (unpaired) electrons. The molecule has 3 rings (SSSR count). The second-order valence-corrected chi connectivity index (χ2v) is 7.24. The molecule has 2 aromatic rings. The van der Waals surface area contributed by atoms with Crippen molar-refractivity contribution in [1.29, 1.82) is 0 Å². The van der Waals surface area contributed by atoms with Gasteiger partial charge in [-0.15, -0.1) is 0 Å². The van der Waals surface area contributed by atoms with Gasteiger partial charge in [-0.2, -0.15) is 0 Å². The molecule has 0 bridgehead atoms. The van der Waals surface area contributed by atoms with Crippen molar-refractivity contribution in [1.82, 2.24) is 20.2 Å². The van der Waals surface area contributed by atoms with Crippen LogP contribution in [0.15, 0.2) is 24.3 Å². The summed E-state index contributed by atoms with van der Waals surface area (Å²) in [6.07, 6.45) is 2.48. The molecule has 2 N–H and O–H groups in total. The molecule has 27 heavy (non-hydrogen) atoms. The molecule has 1 unspecified atom stereocenters. The third-order valence-electron chi connectivity index (χ3n) is 5.52. The molecule has 2 heterocycles. The molecule has 1 saturated heterocycles. The fourth-order valence-electron chi connectivity index (χ4n) is 3.54. The first kappa shape index (κ1) is 19.2. The topological polar surface area (TPSA) is 87.3 Å². The lowest BCUT2D eigenvalue weighted by Crippen LogP contribution is -2.52. The van der Waals surface area contributed by atoms with Crippen LogP contribution in [-0.4, -0.2) is 53.1 Å². The number of hydrogen-bond acceptors (Lipinski definition) is 4. The molecule has 0 saturated carbocycles. The van der Waals surface area contributed by atoms with Gasteiger partial charge < -0.3 is 19.9 Å². The van der Waals surface area contributed by atoms with Crippen molar-refractivity contribution in [2.45, 2.75) is 45.1 Å². The standard InChI is InChI=1S/C20H28N4O3/c1-4-13(2)17(19(25)27-3)23-20(26)24-11-9-14(10-12-24)18-21-15-7-5-6-8-16(15)22-18/h5-8,13-14,17H,4,9-12H2,1-3H3,(H,21,22)(H,23,26)/t13?,17-/m0/s1. The van der Waals surface area contributed by atoms with Gasteiger partial charge in [-0.3, -0.25) is 0 Å². The summed E-state index contributed by atoms with van der Waals surface area (Å²) in [6, 6.07) is 7.19. The van der Waals surface area contributed by atoms with Crippen molar-refractivity contribution in [3.05, 3.63) is 30.1 Å². The van der Waals surface area contributed by atoms with Crippen molar-refractivity contribution < 1.29 is 14.3 Å². The van der Waals surface area contributed by atoms with Crippen LogP contribution in [0.4, 0.5) is 4.79 Å². The Morgan fingerprint density at radius 1 is 1.33 bits per heavy atom. The van der Waals surface area contributed by atoms with E-state index in [0.29, 0.717) is 19.0 Å². The molecule has 1 aromatic heterocycles. The van der Waals surface area contributed by atoms with Crippen molar-refractivity contribution in [2.24, 2.45) is 5.92 Å². The highest BCUT2D eigenvalue weighted by Gasteiger charge is 2.31. The van der Waals surface area contributed by atoms with E-state index in [4.69, 9.17) is 4.74 Å². The van der Waals surface area contributed by atoms with Gasteiger partial charge in [0, 0.05) is 19.0 Å². The van der Waals surface area contributed by atoms with Gasteiger partial charge in [0.15, 0.2) is 0 Å². The maximum Gasteiger partial charge on any atom is 0.328 e. The summed E-state index contributed by atoms with van der Waals surface area (Å²) in [5, 5.41) is 2.85. The predicted octanol–water partition coefficient (Wildman–Crippen LogP) is 3.04. The Morgan fingerprint density at radius 3 is 2.67 bits per heavy atom. The minimum atomic E-state index is -0.611. The molecule has 2 atom stereocenters. The Kier molecular flexibility index (Phi) is 5.98. The van der Waals surface area contributed by atoms with Gasteiger partial charge >= 0.3 is 12.0 Å². The number of nitrogens with zero attached hydrogens (tertiary/aromatic N) is 2. The number of methoxy groups -OCH3 is 1. The zero-order chi connectivity index (χ0) is 19.4. The number of aromatic amines is 1. The van der Waals surface area contributed by atoms with E-state index in [1.165, 1.54) is 7.11 Å². The van der Waals surface area contributed by atoms with E-state index >= 15 is 0 Å². The lowest BCUT2D eigenvalue weighted by Gasteiger charge is -2.33. The highest BCUT2D eigenvalue weighted by molar-refractivity contribution is 5.84. The molecule has 7 heteroatoms. The lowest BCUT2D eigenvalue weighted by atomic mass is 9.96. The monoisotopic (exact) mass is 372 g/mol. The maximum atomic E-state index is 12.6. The molecule has 2 amide bonds. The van der Waals surface area contributed by atoms with Crippen LogP contribution in [0.1, 0.15) is 44.9 Å². The molecule has 0 spiro atoms. The van der Waals surface area contributed by atoms with Gasteiger partial charge in [-0.25, -0.2) is 14.6 Å². The number of urea groups is 1. The number of fused-ring (bicyclic) bond motifs is 1. The third kappa shape index (κ3) is 4.23. The predicted molar refractivity (Wildman–Crippen MR) is 103 cm³/mol. The number of likely N-dealkylation sites (tertiary alicyclic amines) is 1. The number of rotatable bonds is 5. The number of para-hydroxylation sites is 2. The number of benzene rings is 1. The number of piperidine rings is 1. The first-order valence-electron chi connectivity index (χ1n) is 9.61. The second kappa shape index (κ2) is 8.41. The molecule has 1 aliphatic heterocycles. The van der Waals surface area contributed by atoms with E-state index in [-0.39, 0.29) is 11.9 Å². The Labute approximate surface area is 159 Å². The van der Waals surface area contributed by atoms with Gasteiger partial charge in [0.05, 0.1) is 18.1 Å². The number of nitrogens with one attached hydrogen (secondary N) is 2.